The minimum Gasteiger partial charge on any atom is -0.443 e. The summed E-state index contributed by atoms with van der Waals surface area (Å²) in [5.74, 6) is -0.286. The molecular formula is C19H37NO2. The van der Waals surface area contributed by atoms with E-state index in [1.807, 2.05) is 19.0 Å². The highest BCUT2D eigenvalue weighted by atomic mass is 16.6. The van der Waals surface area contributed by atoms with E-state index < -0.39 is 0 Å². The van der Waals surface area contributed by atoms with Gasteiger partial charge in [0, 0.05) is 5.57 Å². The largest absolute Gasteiger partial charge is 0.443 e. The molecule has 0 rings (SSSR count). The standard InChI is InChI=1S/C19H37NO2/c1-6-7-8-9-10-11-12-13-14-15-16-18(20(4)5)22-19(21)17(2)3/h18H,2,6-16H2,1,3-5H3. The Morgan fingerprint density at radius 1 is 0.955 bits per heavy atom. The smallest absolute Gasteiger partial charge is 0.334 e. The molecule has 0 heterocycles. The fourth-order valence-corrected chi connectivity index (χ4v) is 2.45. The lowest BCUT2D eigenvalue weighted by atomic mass is 10.1. The number of carbonyl (C=O) groups excluding carboxylic acids is 1. The van der Waals surface area contributed by atoms with Crippen molar-refractivity contribution in [3.63, 3.8) is 0 Å². The lowest BCUT2D eigenvalue weighted by Crippen LogP contribution is -2.33. The summed E-state index contributed by atoms with van der Waals surface area (Å²) in [6.07, 6.45) is 14.0. The van der Waals surface area contributed by atoms with Crippen molar-refractivity contribution in [1.82, 2.24) is 4.90 Å². The molecule has 0 saturated carbocycles. The molecule has 0 saturated heterocycles. The van der Waals surface area contributed by atoms with Gasteiger partial charge in [-0.1, -0.05) is 71.3 Å². The molecule has 0 aliphatic heterocycles. The number of carbonyl (C=O) groups is 1. The van der Waals surface area contributed by atoms with Gasteiger partial charge in [-0.25, -0.2) is 4.79 Å². The summed E-state index contributed by atoms with van der Waals surface area (Å²) in [6, 6.07) is 0. The average molecular weight is 312 g/mol. The van der Waals surface area contributed by atoms with Crippen molar-refractivity contribution in [2.75, 3.05) is 14.1 Å². The Labute approximate surface area is 138 Å². The number of unbranched alkanes of at least 4 members (excludes halogenated alkanes) is 9. The summed E-state index contributed by atoms with van der Waals surface area (Å²) in [4.78, 5) is 13.6. The van der Waals surface area contributed by atoms with Crippen molar-refractivity contribution in [2.24, 2.45) is 0 Å². The number of rotatable bonds is 14. The van der Waals surface area contributed by atoms with Crippen LogP contribution in [-0.2, 0) is 9.53 Å². The van der Waals surface area contributed by atoms with Gasteiger partial charge < -0.3 is 4.74 Å². The summed E-state index contributed by atoms with van der Waals surface area (Å²) >= 11 is 0. The molecule has 0 radical (unpaired) electrons. The van der Waals surface area contributed by atoms with Crippen LogP contribution in [0.5, 0.6) is 0 Å². The Morgan fingerprint density at radius 2 is 1.41 bits per heavy atom. The van der Waals surface area contributed by atoms with Crippen LogP contribution in [-0.4, -0.2) is 31.2 Å². The molecule has 0 aromatic heterocycles. The highest BCUT2D eigenvalue weighted by molar-refractivity contribution is 5.87. The summed E-state index contributed by atoms with van der Waals surface area (Å²) in [5, 5.41) is 0. The highest BCUT2D eigenvalue weighted by Crippen LogP contribution is 2.14. The number of esters is 1. The molecule has 3 heteroatoms. The van der Waals surface area contributed by atoms with Gasteiger partial charge in [0.1, 0.15) is 0 Å². The molecule has 0 aromatic rings. The van der Waals surface area contributed by atoms with Gasteiger partial charge in [-0.15, -0.1) is 0 Å². The van der Waals surface area contributed by atoms with E-state index in [4.69, 9.17) is 4.74 Å². The zero-order valence-electron chi connectivity index (χ0n) is 15.3. The Hall–Kier alpha value is -0.830. The molecule has 0 N–H and O–H groups in total. The lowest BCUT2D eigenvalue weighted by Gasteiger charge is -2.24. The molecule has 0 aliphatic rings. The van der Waals surface area contributed by atoms with Crippen LogP contribution in [0.1, 0.15) is 84.5 Å². The van der Waals surface area contributed by atoms with Gasteiger partial charge in [0.15, 0.2) is 6.23 Å². The quantitative estimate of drug-likeness (QED) is 0.188. The molecule has 0 bridgehead atoms. The van der Waals surface area contributed by atoms with Crippen LogP contribution in [0.15, 0.2) is 12.2 Å². The van der Waals surface area contributed by atoms with Crippen LogP contribution in [0.4, 0.5) is 0 Å². The highest BCUT2D eigenvalue weighted by Gasteiger charge is 2.16. The SMILES string of the molecule is C=C(C)C(=O)OC(CCCCCCCCCCCC)N(C)C. The van der Waals surface area contributed by atoms with Crippen molar-refractivity contribution in [3.8, 4) is 0 Å². The third-order valence-electron chi connectivity index (χ3n) is 3.97. The van der Waals surface area contributed by atoms with Crippen LogP contribution < -0.4 is 0 Å². The molecule has 0 spiro atoms. The second-order valence-corrected chi connectivity index (χ2v) is 6.57. The maximum Gasteiger partial charge on any atom is 0.334 e. The molecule has 0 aromatic carbocycles. The van der Waals surface area contributed by atoms with E-state index in [2.05, 4.69) is 13.5 Å². The Balaban J connectivity index is 3.61. The summed E-state index contributed by atoms with van der Waals surface area (Å²) in [7, 11) is 3.90. The Kier molecular flexibility index (Phi) is 13.3. The van der Waals surface area contributed by atoms with Gasteiger partial charge in [0.25, 0.3) is 0 Å². The monoisotopic (exact) mass is 311 g/mol. The van der Waals surface area contributed by atoms with Gasteiger partial charge >= 0.3 is 5.97 Å². The maximum absolute atomic E-state index is 11.6. The fourth-order valence-electron chi connectivity index (χ4n) is 2.45. The van der Waals surface area contributed by atoms with Crippen molar-refractivity contribution in [2.45, 2.75) is 90.7 Å². The molecule has 0 amide bonds. The molecule has 0 aliphatic carbocycles. The number of hydrogen-bond donors (Lipinski definition) is 0. The Morgan fingerprint density at radius 3 is 1.82 bits per heavy atom. The fraction of sp³-hybridized carbons (Fsp3) is 0.842. The molecule has 130 valence electrons. The number of ether oxygens (including phenoxy) is 1. The molecular weight excluding hydrogens is 274 g/mol. The number of nitrogens with zero attached hydrogens (tertiary/aromatic N) is 1. The molecule has 22 heavy (non-hydrogen) atoms. The van der Waals surface area contributed by atoms with E-state index in [9.17, 15) is 4.79 Å². The molecule has 0 fully saturated rings. The first-order valence-corrected chi connectivity index (χ1v) is 9.02. The van der Waals surface area contributed by atoms with Gasteiger partial charge in [0.2, 0.25) is 0 Å². The minimum atomic E-state index is -0.286. The second kappa shape index (κ2) is 13.8. The normalized spacial score (nSPS) is 12.4. The zero-order valence-corrected chi connectivity index (χ0v) is 15.3. The maximum atomic E-state index is 11.6. The predicted octanol–water partition coefficient (Wildman–Crippen LogP) is 5.30. The second-order valence-electron chi connectivity index (χ2n) is 6.57. The number of hydrogen-bond acceptors (Lipinski definition) is 3. The van der Waals surface area contributed by atoms with E-state index in [0.29, 0.717) is 5.57 Å². The van der Waals surface area contributed by atoms with E-state index in [1.54, 1.807) is 6.92 Å². The average Bonchev–Trinajstić information content (AvgIpc) is 2.47. The van der Waals surface area contributed by atoms with Gasteiger partial charge in [0.05, 0.1) is 0 Å². The van der Waals surface area contributed by atoms with E-state index in [0.717, 1.165) is 12.8 Å². The summed E-state index contributed by atoms with van der Waals surface area (Å²) in [5.41, 5.74) is 0.468. The van der Waals surface area contributed by atoms with Crippen molar-refractivity contribution in [3.05, 3.63) is 12.2 Å². The van der Waals surface area contributed by atoms with Crippen LogP contribution in [0.25, 0.3) is 0 Å². The lowest BCUT2D eigenvalue weighted by molar-refractivity contribution is -0.152. The third-order valence-corrected chi connectivity index (χ3v) is 3.97. The molecule has 1 unspecified atom stereocenters. The third kappa shape index (κ3) is 11.8. The van der Waals surface area contributed by atoms with Crippen molar-refractivity contribution in [1.29, 1.82) is 0 Å². The van der Waals surface area contributed by atoms with Crippen molar-refractivity contribution < 1.29 is 9.53 Å². The Bertz CT molecular complexity index is 300. The first-order valence-electron chi connectivity index (χ1n) is 9.02. The summed E-state index contributed by atoms with van der Waals surface area (Å²) < 4.78 is 5.44. The van der Waals surface area contributed by atoms with Gasteiger partial charge in [-0.05, 0) is 33.9 Å². The van der Waals surface area contributed by atoms with E-state index in [-0.39, 0.29) is 12.2 Å². The van der Waals surface area contributed by atoms with Crippen LogP contribution in [0, 0.1) is 0 Å². The zero-order chi connectivity index (χ0) is 16.8. The van der Waals surface area contributed by atoms with Crippen LogP contribution in [0.3, 0.4) is 0 Å². The predicted molar refractivity (Wildman–Crippen MR) is 94.8 cm³/mol. The van der Waals surface area contributed by atoms with E-state index >= 15 is 0 Å². The van der Waals surface area contributed by atoms with Crippen molar-refractivity contribution >= 4 is 5.97 Å². The molecule has 3 nitrogen and oxygen atoms in total. The van der Waals surface area contributed by atoms with Gasteiger partial charge in [-0.2, -0.15) is 0 Å². The first-order chi connectivity index (χ1) is 10.5. The summed E-state index contributed by atoms with van der Waals surface area (Å²) in [6.45, 7) is 7.58. The molecule has 1 atom stereocenters. The topological polar surface area (TPSA) is 29.5 Å². The van der Waals surface area contributed by atoms with Gasteiger partial charge in [-0.3, -0.25) is 4.90 Å². The van der Waals surface area contributed by atoms with Crippen LogP contribution >= 0.6 is 0 Å². The van der Waals surface area contributed by atoms with E-state index in [1.165, 1.54) is 57.8 Å². The van der Waals surface area contributed by atoms with Crippen LogP contribution in [0.2, 0.25) is 0 Å². The first kappa shape index (κ1) is 21.2. The minimum absolute atomic E-state index is 0.127.